The summed E-state index contributed by atoms with van der Waals surface area (Å²) < 4.78 is 26.4. The molecule has 3 nitrogen and oxygen atoms in total. The third kappa shape index (κ3) is 2.51. The van der Waals surface area contributed by atoms with Crippen LogP contribution in [-0.4, -0.2) is 24.5 Å². The molecule has 98 valence electrons. The fourth-order valence-electron chi connectivity index (χ4n) is 2.18. The standard InChI is InChI=1S/C13H16F2N2O/c1-8(2)16-11-5-6-17(13(11)18)12-4-3-9(14)7-10(12)15/h3-4,7-8,11,16H,5-6H2,1-2H3. The topological polar surface area (TPSA) is 32.3 Å². The number of benzene rings is 1. The van der Waals surface area contributed by atoms with E-state index in [2.05, 4.69) is 5.32 Å². The molecule has 1 aliphatic heterocycles. The van der Waals surface area contributed by atoms with Crippen LogP contribution in [0, 0.1) is 11.6 Å². The fraction of sp³-hybridized carbons (Fsp3) is 0.462. The van der Waals surface area contributed by atoms with Crippen molar-refractivity contribution < 1.29 is 13.6 Å². The van der Waals surface area contributed by atoms with Crippen LogP contribution in [0.4, 0.5) is 14.5 Å². The first-order valence-electron chi connectivity index (χ1n) is 6.01. The lowest BCUT2D eigenvalue weighted by Crippen LogP contribution is -2.41. The zero-order valence-electron chi connectivity index (χ0n) is 10.4. The first kappa shape index (κ1) is 13.0. The van der Waals surface area contributed by atoms with Crippen molar-refractivity contribution in [2.24, 2.45) is 0 Å². The number of hydrogen-bond acceptors (Lipinski definition) is 2. The molecule has 1 saturated heterocycles. The van der Waals surface area contributed by atoms with Crippen molar-refractivity contribution in [3.8, 4) is 0 Å². The summed E-state index contributed by atoms with van der Waals surface area (Å²) in [7, 11) is 0. The van der Waals surface area contributed by atoms with Crippen molar-refractivity contribution in [2.45, 2.75) is 32.4 Å². The van der Waals surface area contributed by atoms with E-state index >= 15 is 0 Å². The van der Waals surface area contributed by atoms with Crippen molar-refractivity contribution in [3.63, 3.8) is 0 Å². The number of nitrogens with zero attached hydrogens (tertiary/aromatic N) is 1. The van der Waals surface area contributed by atoms with Gasteiger partial charge in [-0.2, -0.15) is 0 Å². The van der Waals surface area contributed by atoms with Crippen molar-refractivity contribution in [2.75, 3.05) is 11.4 Å². The maximum absolute atomic E-state index is 13.6. The van der Waals surface area contributed by atoms with Crippen molar-refractivity contribution in [1.29, 1.82) is 0 Å². The Labute approximate surface area is 105 Å². The Morgan fingerprint density at radius 3 is 2.72 bits per heavy atom. The average Bonchev–Trinajstić information content (AvgIpc) is 2.60. The second-order valence-corrected chi connectivity index (χ2v) is 4.75. The maximum atomic E-state index is 13.6. The molecule has 1 N–H and O–H groups in total. The summed E-state index contributed by atoms with van der Waals surface area (Å²) in [6.45, 7) is 4.36. The van der Waals surface area contributed by atoms with Crippen molar-refractivity contribution in [1.82, 2.24) is 5.32 Å². The Kier molecular flexibility index (Phi) is 3.61. The Hall–Kier alpha value is -1.49. The summed E-state index contributed by atoms with van der Waals surface area (Å²) in [4.78, 5) is 13.5. The van der Waals surface area contributed by atoms with Crippen LogP contribution in [0.25, 0.3) is 0 Å². The van der Waals surface area contributed by atoms with Gasteiger partial charge in [-0.3, -0.25) is 4.79 Å². The van der Waals surface area contributed by atoms with Gasteiger partial charge in [-0.1, -0.05) is 13.8 Å². The lowest BCUT2D eigenvalue weighted by atomic mass is 10.2. The van der Waals surface area contributed by atoms with Gasteiger partial charge in [0.1, 0.15) is 11.6 Å². The predicted molar refractivity (Wildman–Crippen MR) is 65.4 cm³/mol. The van der Waals surface area contributed by atoms with E-state index < -0.39 is 11.6 Å². The van der Waals surface area contributed by atoms with E-state index in [0.717, 1.165) is 12.1 Å². The third-order valence-corrected chi connectivity index (χ3v) is 2.94. The largest absolute Gasteiger partial charge is 0.308 e. The smallest absolute Gasteiger partial charge is 0.244 e. The summed E-state index contributed by atoms with van der Waals surface area (Å²) in [5.41, 5.74) is 0.148. The molecular weight excluding hydrogens is 238 g/mol. The molecule has 0 aromatic heterocycles. The molecule has 0 saturated carbocycles. The maximum Gasteiger partial charge on any atom is 0.244 e. The number of carbonyl (C=O) groups is 1. The van der Waals surface area contributed by atoms with Crippen LogP contribution in [0.1, 0.15) is 20.3 Å². The SMILES string of the molecule is CC(C)NC1CCN(c2ccc(F)cc2F)C1=O. The number of halogens is 2. The van der Waals surface area contributed by atoms with Gasteiger partial charge in [0.25, 0.3) is 0 Å². The Bertz CT molecular complexity index is 462. The van der Waals surface area contributed by atoms with Crippen LogP contribution in [0.15, 0.2) is 18.2 Å². The first-order valence-corrected chi connectivity index (χ1v) is 6.01. The van der Waals surface area contributed by atoms with Gasteiger partial charge in [0.2, 0.25) is 5.91 Å². The van der Waals surface area contributed by atoms with Crippen LogP contribution < -0.4 is 10.2 Å². The average molecular weight is 254 g/mol. The van der Waals surface area contributed by atoms with Crippen LogP contribution in [0.2, 0.25) is 0 Å². The Balaban J connectivity index is 2.18. The van der Waals surface area contributed by atoms with E-state index in [4.69, 9.17) is 0 Å². The van der Waals surface area contributed by atoms with Crippen LogP contribution in [0.3, 0.4) is 0 Å². The number of amides is 1. The zero-order valence-corrected chi connectivity index (χ0v) is 10.4. The molecule has 1 heterocycles. The quantitative estimate of drug-likeness (QED) is 0.895. The summed E-state index contributed by atoms with van der Waals surface area (Å²) in [5, 5.41) is 3.13. The summed E-state index contributed by atoms with van der Waals surface area (Å²) in [5.74, 6) is -1.50. The van der Waals surface area contributed by atoms with Gasteiger partial charge in [0.05, 0.1) is 11.7 Å². The monoisotopic (exact) mass is 254 g/mol. The van der Waals surface area contributed by atoms with Crippen LogP contribution in [0.5, 0.6) is 0 Å². The summed E-state index contributed by atoms with van der Waals surface area (Å²) >= 11 is 0. The first-order chi connectivity index (χ1) is 8.49. The zero-order chi connectivity index (χ0) is 13.3. The normalized spacial score (nSPS) is 19.9. The highest BCUT2D eigenvalue weighted by Gasteiger charge is 2.33. The van der Waals surface area contributed by atoms with E-state index in [1.165, 1.54) is 11.0 Å². The van der Waals surface area contributed by atoms with E-state index in [-0.39, 0.29) is 23.7 Å². The van der Waals surface area contributed by atoms with Gasteiger partial charge in [0, 0.05) is 18.7 Å². The highest BCUT2D eigenvalue weighted by molar-refractivity contribution is 5.99. The Morgan fingerprint density at radius 1 is 1.39 bits per heavy atom. The molecule has 1 aromatic rings. The van der Waals surface area contributed by atoms with Crippen molar-refractivity contribution >= 4 is 11.6 Å². The minimum absolute atomic E-state index is 0.148. The molecule has 1 aliphatic rings. The fourth-order valence-corrected chi connectivity index (χ4v) is 2.18. The molecule has 5 heteroatoms. The van der Waals surface area contributed by atoms with Gasteiger partial charge >= 0.3 is 0 Å². The highest BCUT2D eigenvalue weighted by Crippen LogP contribution is 2.25. The van der Waals surface area contributed by atoms with Gasteiger partial charge < -0.3 is 10.2 Å². The minimum atomic E-state index is -0.700. The molecule has 18 heavy (non-hydrogen) atoms. The van der Waals surface area contributed by atoms with Crippen LogP contribution >= 0.6 is 0 Å². The van der Waals surface area contributed by atoms with Crippen LogP contribution in [-0.2, 0) is 4.79 Å². The molecule has 1 amide bonds. The predicted octanol–water partition coefficient (Wildman–Crippen LogP) is 2.07. The molecular formula is C13H16F2N2O. The van der Waals surface area contributed by atoms with Gasteiger partial charge in [-0.15, -0.1) is 0 Å². The number of rotatable bonds is 3. The molecule has 2 rings (SSSR count). The van der Waals surface area contributed by atoms with E-state index in [9.17, 15) is 13.6 Å². The second-order valence-electron chi connectivity index (χ2n) is 4.75. The number of nitrogens with one attached hydrogen (secondary N) is 1. The lowest BCUT2D eigenvalue weighted by Gasteiger charge is -2.19. The molecule has 0 aliphatic carbocycles. The van der Waals surface area contributed by atoms with E-state index in [1.54, 1.807) is 0 Å². The highest BCUT2D eigenvalue weighted by atomic mass is 19.1. The molecule has 0 bridgehead atoms. The minimum Gasteiger partial charge on any atom is -0.308 e. The summed E-state index contributed by atoms with van der Waals surface area (Å²) in [6.07, 6.45) is 0.633. The van der Waals surface area contributed by atoms with E-state index in [0.29, 0.717) is 13.0 Å². The number of anilines is 1. The molecule has 1 fully saturated rings. The molecule has 1 unspecified atom stereocenters. The van der Waals surface area contributed by atoms with Gasteiger partial charge in [-0.05, 0) is 18.6 Å². The molecule has 0 spiro atoms. The van der Waals surface area contributed by atoms with E-state index in [1.807, 2.05) is 13.8 Å². The second kappa shape index (κ2) is 5.02. The van der Waals surface area contributed by atoms with Crippen molar-refractivity contribution in [3.05, 3.63) is 29.8 Å². The van der Waals surface area contributed by atoms with Gasteiger partial charge in [0.15, 0.2) is 0 Å². The third-order valence-electron chi connectivity index (χ3n) is 2.94. The molecule has 1 atom stereocenters. The molecule has 0 radical (unpaired) electrons. The number of carbonyl (C=O) groups excluding carboxylic acids is 1. The molecule has 1 aromatic carbocycles. The summed E-state index contributed by atoms with van der Waals surface area (Å²) in [6, 6.07) is 3.17. The van der Waals surface area contributed by atoms with Gasteiger partial charge in [-0.25, -0.2) is 8.78 Å². The number of hydrogen-bond donors (Lipinski definition) is 1. The lowest BCUT2D eigenvalue weighted by molar-refractivity contribution is -0.119. The Morgan fingerprint density at radius 2 is 2.11 bits per heavy atom.